The van der Waals surface area contributed by atoms with E-state index in [1.807, 2.05) is 42.5 Å². The molecule has 0 unspecified atom stereocenters. The van der Waals surface area contributed by atoms with Crippen molar-refractivity contribution in [2.75, 3.05) is 11.9 Å². The highest BCUT2D eigenvalue weighted by molar-refractivity contribution is 5.96. The molecule has 154 valence electrons. The van der Waals surface area contributed by atoms with Gasteiger partial charge in [0.15, 0.2) is 5.58 Å². The van der Waals surface area contributed by atoms with Crippen LogP contribution in [-0.2, 0) is 11.2 Å². The molecule has 0 bridgehead atoms. The molecule has 1 amide bonds. The molecule has 1 aromatic heterocycles. The van der Waals surface area contributed by atoms with Gasteiger partial charge in [-0.15, -0.1) is 6.42 Å². The van der Waals surface area contributed by atoms with Crippen LogP contribution >= 0.6 is 0 Å². The number of carbonyl (C=O) groups is 1. The number of benzene rings is 3. The van der Waals surface area contributed by atoms with Crippen LogP contribution in [0.3, 0.4) is 0 Å². The van der Waals surface area contributed by atoms with E-state index in [0.717, 1.165) is 11.1 Å². The molecule has 0 aliphatic rings. The quantitative estimate of drug-likeness (QED) is 0.449. The maximum absolute atomic E-state index is 12.5. The molecule has 31 heavy (non-hydrogen) atoms. The third-order valence-electron chi connectivity index (χ3n) is 4.71. The van der Waals surface area contributed by atoms with Crippen molar-refractivity contribution in [3.05, 3.63) is 78.4 Å². The van der Waals surface area contributed by atoms with E-state index < -0.39 is 6.04 Å². The minimum absolute atomic E-state index is 0.214. The first-order valence-electron chi connectivity index (χ1n) is 9.80. The SMILES string of the molecule is C#CCOc1ccc(-c2nc3cc(NC(=O)[C@H](N)Cc4ccccc4)ccc3o2)cc1. The maximum atomic E-state index is 12.5. The predicted molar refractivity (Wildman–Crippen MR) is 121 cm³/mol. The number of aromatic nitrogens is 1. The van der Waals surface area contributed by atoms with Gasteiger partial charge in [-0.3, -0.25) is 4.79 Å². The van der Waals surface area contributed by atoms with Gasteiger partial charge in [0.05, 0.1) is 6.04 Å². The van der Waals surface area contributed by atoms with Gasteiger partial charge in [0.2, 0.25) is 11.8 Å². The third kappa shape index (κ3) is 4.92. The first kappa shape index (κ1) is 20.2. The first-order valence-corrected chi connectivity index (χ1v) is 9.80. The van der Waals surface area contributed by atoms with Crippen molar-refractivity contribution in [1.82, 2.24) is 4.98 Å². The van der Waals surface area contributed by atoms with Gasteiger partial charge in [-0.2, -0.15) is 0 Å². The molecule has 6 nitrogen and oxygen atoms in total. The summed E-state index contributed by atoms with van der Waals surface area (Å²) >= 11 is 0. The predicted octanol–water partition coefficient (Wildman–Crippen LogP) is 4.02. The minimum atomic E-state index is -0.652. The molecular formula is C25H21N3O3. The number of nitrogens with two attached hydrogens (primary N) is 1. The van der Waals surface area contributed by atoms with Crippen LogP contribution in [0.4, 0.5) is 5.69 Å². The monoisotopic (exact) mass is 411 g/mol. The molecule has 3 aromatic carbocycles. The Labute approximate surface area is 180 Å². The Morgan fingerprint density at radius 3 is 2.65 bits per heavy atom. The van der Waals surface area contributed by atoms with Crippen molar-refractivity contribution >= 4 is 22.7 Å². The van der Waals surface area contributed by atoms with Crippen molar-refractivity contribution in [1.29, 1.82) is 0 Å². The molecule has 4 rings (SSSR count). The van der Waals surface area contributed by atoms with E-state index in [2.05, 4.69) is 16.2 Å². The zero-order chi connectivity index (χ0) is 21.6. The lowest BCUT2D eigenvalue weighted by Crippen LogP contribution is -2.37. The Balaban J connectivity index is 1.46. The standard InChI is InChI=1S/C25H21N3O3/c1-2-14-30-20-11-8-18(9-12-20)25-28-22-16-19(10-13-23(22)31-25)27-24(29)21(26)15-17-6-4-3-5-7-17/h1,3-13,16,21H,14-15,26H2,(H,27,29)/t21-/m1/s1. The van der Waals surface area contributed by atoms with E-state index in [0.29, 0.717) is 34.8 Å². The zero-order valence-corrected chi connectivity index (χ0v) is 16.7. The minimum Gasteiger partial charge on any atom is -0.481 e. The highest BCUT2D eigenvalue weighted by Gasteiger charge is 2.15. The van der Waals surface area contributed by atoms with Crippen LogP contribution in [0.1, 0.15) is 5.56 Å². The van der Waals surface area contributed by atoms with Gasteiger partial charge in [0.1, 0.15) is 17.9 Å². The number of hydrogen-bond donors (Lipinski definition) is 2. The molecule has 3 N–H and O–H groups in total. The molecule has 0 saturated heterocycles. The number of rotatable bonds is 7. The van der Waals surface area contributed by atoms with Crippen LogP contribution in [0.5, 0.6) is 5.75 Å². The van der Waals surface area contributed by atoms with E-state index in [1.165, 1.54) is 0 Å². The van der Waals surface area contributed by atoms with Crippen molar-refractivity contribution in [2.45, 2.75) is 12.5 Å². The van der Waals surface area contributed by atoms with Crippen LogP contribution in [0.2, 0.25) is 0 Å². The Hall–Kier alpha value is -4.08. The summed E-state index contributed by atoms with van der Waals surface area (Å²) in [6.07, 6.45) is 5.66. The topological polar surface area (TPSA) is 90.4 Å². The van der Waals surface area contributed by atoms with Gasteiger partial charge in [-0.25, -0.2) is 4.98 Å². The molecule has 0 aliphatic heterocycles. The van der Waals surface area contributed by atoms with Crippen molar-refractivity contribution in [3.8, 4) is 29.5 Å². The summed E-state index contributed by atoms with van der Waals surface area (Å²) in [6, 6.07) is 21.6. The molecule has 0 fully saturated rings. The van der Waals surface area contributed by atoms with E-state index in [1.54, 1.807) is 30.3 Å². The second-order valence-electron chi connectivity index (χ2n) is 7.00. The van der Waals surface area contributed by atoms with Crippen LogP contribution in [0.15, 0.2) is 77.2 Å². The molecule has 1 heterocycles. The lowest BCUT2D eigenvalue weighted by atomic mass is 10.1. The fraction of sp³-hybridized carbons (Fsp3) is 0.120. The Kier molecular flexibility index (Phi) is 5.97. The molecule has 4 aromatic rings. The molecule has 1 atom stereocenters. The number of oxazole rings is 1. The van der Waals surface area contributed by atoms with Crippen molar-refractivity contribution < 1.29 is 13.9 Å². The van der Waals surface area contributed by atoms with Crippen LogP contribution in [0, 0.1) is 12.3 Å². The van der Waals surface area contributed by atoms with Crippen molar-refractivity contribution in [3.63, 3.8) is 0 Å². The lowest BCUT2D eigenvalue weighted by molar-refractivity contribution is -0.117. The van der Waals surface area contributed by atoms with E-state index in [9.17, 15) is 4.79 Å². The highest BCUT2D eigenvalue weighted by atomic mass is 16.5. The second-order valence-corrected chi connectivity index (χ2v) is 7.00. The number of carbonyl (C=O) groups excluding carboxylic acids is 1. The van der Waals surface area contributed by atoms with Gasteiger partial charge in [0.25, 0.3) is 0 Å². The van der Waals surface area contributed by atoms with E-state index >= 15 is 0 Å². The third-order valence-corrected chi connectivity index (χ3v) is 4.71. The van der Waals surface area contributed by atoms with Crippen LogP contribution in [-0.4, -0.2) is 23.5 Å². The zero-order valence-electron chi connectivity index (χ0n) is 16.7. The van der Waals surface area contributed by atoms with Gasteiger partial charge < -0.3 is 20.2 Å². The van der Waals surface area contributed by atoms with E-state index in [-0.39, 0.29) is 12.5 Å². The molecule has 0 radical (unpaired) electrons. The number of anilines is 1. The number of nitrogens with one attached hydrogen (secondary N) is 1. The summed E-state index contributed by atoms with van der Waals surface area (Å²) < 4.78 is 11.2. The second kappa shape index (κ2) is 9.16. The summed E-state index contributed by atoms with van der Waals surface area (Å²) in [6.45, 7) is 0.214. The van der Waals surface area contributed by atoms with Crippen LogP contribution < -0.4 is 15.8 Å². The summed E-state index contributed by atoms with van der Waals surface area (Å²) in [7, 11) is 0. The maximum Gasteiger partial charge on any atom is 0.241 e. The van der Waals surface area contributed by atoms with E-state index in [4.69, 9.17) is 21.3 Å². The average Bonchev–Trinajstić information content (AvgIpc) is 3.22. The highest BCUT2D eigenvalue weighted by Crippen LogP contribution is 2.27. The smallest absolute Gasteiger partial charge is 0.241 e. The number of ether oxygens (including phenoxy) is 1. The number of fused-ring (bicyclic) bond motifs is 1. The Morgan fingerprint density at radius 1 is 1.13 bits per heavy atom. The molecule has 0 spiro atoms. The van der Waals surface area contributed by atoms with Gasteiger partial charge in [0, 0.05) is 11.3 Å². The Morgan fingerprint density at radius 2 is 1.90 bits per heavy atom. The molecular weight excluding hydrogens is 390 g/mol. The van der Waals surface area contributed by atoms with Gasteiger partial charge in [-0.05, 0) is 54.4 Å². The fourth-order valence-electron chi connectivity index (χ4n) is 3.14. The first-order chi connectivity index (χ1) is 15.1. The number of hydrogen-bond acceptors (Lipinski definition) is 5. The summed E-state index contributed by atoms with van der Waals surface area (Å²) in [5.41, 5.74) is 9.75. The normalized spacial score (nSPS) is 11.6. The number of terminal acetylenes is 1. The number of amides is 1. The van der Waals surface area contributed by atoms with Crippen molar-refractivity contribution in [2.24, 2.45) is 5.73 Å². The lowest BCUT2D eigenvalue weighted by Gasteiger charge is -2.12. The Bertz CT molecular complexity index is 1220. The largest absolute Gasteiger partial charge is 0.481 e. The summed E-state index contributed by atoms with van der Waals surface area (Å²) in [4.78, 5) is 17.0. The van der Waals surface area contributed by atoms with Crippen LogP contribution in [0.25, 0.3) is 22.6 Å². The average molecular weight is 411 g/mol. The van der Waals surface area contributed by atoms with Gasteiger partial charge in [-0.1, -0.05) is 36.3 Å². The molecule has 6 heteroatoms. The summed E-state index contributed by atoms with van der Waals surface area (Å²) in [5.74, 6) is 3.32. The molecule has 0 saturated carbocycles. The fourth-order valence-corrected chi connectivity index (χ4v) is 3.14. The number of nitrogens with zero attached hydrogens (tertiary/aromatic N) is 1. The molecule has 0 aliphatic carbocycles. The van der Waals surface area contributed by atoms with Gasteiger partial charge >= 0.3 is 0 Å². The summed E-state index contributed by atoms with van der Waals surface area (Å²) in [5, 5.41) is 2.85.